The summed E-state index contributed by atoms with van der Waals surface area (Å²) in [6.07, 6.45) is 3.00. The maximum Gasteiger partial charge on any atom is 0.303 e. The number of aromatic nitrogens is 3. The number of carbonyl (C=O) groups excluding carboxylic acids is 1. The Morgan fingerprint density at radius 1 is 1.39 bits per heavy atom. The Kier molecular flexibility index (Phi) is 5.83. The Labute approximate surface area is 105 Å². The molecule has 100 valence electrons. The summed E-state index contributed by atoms with van der Waals surface area (Å²) >= 11 is 0. The molecule has 0 aliphatic heterocycles. The Morgan fingerprint density at radius 2 is 2.17 bits per heavy atom. The van der Waals surface area contributed by atoms with E-state index in [0.29, 0.717) is 25.2 Å². The van der Waals surface area contributed by atoms with Crippen molar-refractivity contribution in [3.8, 4) is 0 Å². The molecule has 1 aromatic rings. The zero-order valence-corrected chi connectivity index (χ0v) is 10.4. The topological polar surface area (TPSA) is 108 Å². The molecule has 0 saturated carbocycles. The molecule has 1 amide bonds. The second-order valence-corrected chi connectivity index (χ2v) is 3.96. The first kappa shape index (κ1) is 14.1. The number of carbonyl (C=O) groups is 2. The predicted octanol–water partition coefficient (Wildman–Crippen LogP) is 0.742. The number of unbranched alkanes of at least 4 members (excludes halogenated alkanes) is 1. The minimum Gasteiger partial charge on any atom is -0.481 e. The summed E-state index contributed by atoms with van der Waals surface area (Å²) in [7, 11) is 0. The molecule has 7 nitrogen and oxygen atoms in total. The molecule has 0 aromatic carbocycles. The minimum atomic E-state index is -0.820. The van der Waals surface area contributed by atoms with Gasteiger partial charge in [0.25, 0.3) is 5.91 Å². The highest BCUT2D eigenvalue weighted by molar-refractivity contribution is 5.90. The van der Waals surface area contributed by atoms with Gasteiger partial charge in [0.2, 0.25) is 5.82 Å². The lowest BCUT2D eigenvalue weighted by Crippen LogP contribution is -2.25. The quantitative estimate of drug-likeness (QED) is 0.593. The van der Waals surface area contributed by atoms with E-state index in [2.05, 4.69) is 20.5 Å². The van der Waals surface area contributed by atoms with E-state index in [1.807, 2.05) is 6.92 Å². The molecular formula is C11H18N4O3. The average Bonchev–Trinajstić information content (AvgIpc) is 2.77. The maximum atomic E-state index is 11.6. The number of amides is 1. The van der Waals surface area contributed by atoms with Crippen LogP contribution in [0.15, 0.2) is 0 Å². The van der Waals surface area contributed by atoms with Crippen molar-refractivity contribution in [1.82, 2.24) is 20.5 Å². The Balaban J connectivity index is 2.25. The van der Waals surface area contributed by atoms with Crippen molar-refractivity contribution in [2.24, 2.45) is 0 Å². The predicted molar refractivity (Wildman–Crippen MR) is 64.2 cm³/mol. The largest absolute Gasteiger partial charge is 0.481 e. The third-order valence-corrected chi connectivity index (χ3v) is 2.32. The second-order valence-electron chi connectivity index (χ2n) is 3.96. The summed E-state index contributed by atoms with van der Waals surface area (Å²) in [5.74, 6) is -0.311. The van der Waals surface area contributed by atoms with Crippen molar-refractivity contribution >= 4 is 11.9 Å². The molecule has 0 bridgehead atoms. The van der Waals surface area contributed by atoms with Gasteiger partial charge >= 0.3 is 5.97 Å². The Hall–Kier alpha value is -1.92. The van der Waals surface area contributed by atoms with Crippen LogP contribution in [0.1, 0.15) is 49.1 Å². The van der Waals surface area contributed by atoms with Crippen molar-refractivity contribution in [3.05, 3.63) is 11.6 Å². The zero-order valence-electron chi connectivity index (χ0n) is 10.4. The molecule has 0 aliphatic rings. The molecule has 18 heavy (non-hydrogen) atoms. The number of H-pyrrole nitrogens is 1. The van der Waals surface area contributed by atoms with Crippen LogP contribution in [0.5, 0.6) is 0 Å². The zero-order chi connectivity index (χ0) is 13.4. The smallest absolute Gasteiger partial charge is 0.303 e. The van der Waals surface area contributed by atoms with Gasteiger partial charge in [-0.3, -0.25) is 14.7 Å². The molecule has 0 saturated heterocycles. The van der Waals surface area contributed by atoms with E-state index >= 15 is 0 Å². The monoisotopic (exact) mass is 254 g/mol. The number of nitrogens with zero attached hydrogens (tertiary/aromatic N) is 2. The van der Waals surface area contributed by atoms with Gasteiger partial charge in [-0.15, -0.1) is 5.10 Å². The number of aliphatic carboxylic acids is 1. The molecule has 1 heterocycles. The summed E-state index contributed by atoms with van der Waals surface area (Å²) < 4.78 is 0. The number of hydrogen-bond acceptors (Lipinski definition) is 4. The molecule has 1 aromatic heterocycles. The highest BCUT2D eigenvalue weighted by Crippen LogP contribution is 1.97. The summed E-state index contributed by atoms with van der Waals surface area (Å²) in [6, 6.07) is 0. The number of aromatic amines is 1. The van der Waals surface area contributed by atoms with Crippen LogP contribution in [0, 0.1) is 0 Å². The first-order valence-corrected chi connectivity index (χ1v) is 6.04. The first-order chi connectivity index (χ1) is 8.63. The van der Waals surface area contributed by atoms with Crippen LogP contribution in [-0.2, 0) is 11.2 Å². The van der Waals surface area contributed by atoms with Crippen molar-refractivity contribution in [3.63, 3.8) is 0 Å². The van der Waals surface area contributed by atoms with Gasteiger partial charge in [-0.25, -0.2) is 4.98 Å². The lowest BCUT2D eigenvalue weighted by Gasteiger charge is -2.00. The average molecular weight is 254 g/mol. The molecule has 0 radical (unpaired) electrons. The van der Waals surface area contributed by atoms with E-state index < -0.39 is 5.97 Å². The van der Waals surface area contributed by atoms with Gasteiger partial charge in [-0.05, 0) is 19.3 Å². The number of carboxylic acid groups (broad SMARTS) is 1. The molecule has 1 rings (SSSR count). The van der Waals surface area contributed by atoms with Gasteiger partial charge in [0, 0.05) is 19.4 Å². The summed E-state index contributed by atoms with van der Waals surface area (Å²) in [5.41, 5.74) is 0. The third kappa shape index (κ3) is 4.94. The molecule has 0 unspecified atom stereocenters. The molecule has 0 fully saturated rings. The van der Waals surface area contributed by atoms with Crippen LogP contribution in [0.4, 0.5) is 0 Å². The lowest BCUT2D eigenvalue weighted by molar-refractivity contribution is -0.137. The van der Waals surface area contributed by atoms with Gasteiger partial charge < -0.3 is 10.4 Å². The van der Waals surface area contributed by atoms with E-state index in [-0.39, 0.29) is 18.2 Å². The number of rotatable bonds is 8. The molecule has 0 aliphatic carbocycles. The molecule has 0 spiro atoms. The van der Waals surface area contributed by atoms with Crippen LogP contribution < -0.4 is 5.32 Å². The normalized spacial score (nSPS) is 10.3. The number of aryl methyl sites for hydroxylation is 1. The summed E-state index contributed by atoms with van der Waals surface area (Å²) in [4.78, 5) is 25.9. The standard InChI is InChI=1S/C11H18N4O3/c1-2-5-8-13-10(15-14-8)11(18)12-7-4-3-6-9(16)17/h2-7H2,1H3,(H,12,18)(H,16,17)(H,13,14,15). The van der Waals surface area contributed by atoms with E-state index in [9.17, 15) is 9.59 Å². The van der Waals surface area contributed by atoms with Gasteiger partial charge in [-0.1, -0.05) is 6.92 Å². The first-order valence-electron chi connectivity index (χ1n) is 6.04. The van der Waals surface area contributed by atoms with Crippen molar-refractivity contribution < 1.29 is 14.7 Å². The molecular weight excluding hydrogens is 236 g/mol. The third-order valence-electron chi connectivity index (χ3n) is 2.32. The fourth-order valence-corrected chi connectivity index (χ4v) is 1.43. The highest BCUT2D eigenvalue weighted by atomic mass is 16.4. The molecule has 3 N–H and O–H groups in total. The van der Waals surface area contributed by atoms with Gasteiger partial charge in [0.05, 0.1) is 0 Å². The van der Waals surface area contributed by atoms with E-state index in [1.165, 1.54) is 0 Å². The fourth-order valence-electron chi connectivity index (χ4n) is 1.43. The van der Waals surface area contributed by atoms with Gasteiger partial charge in [0.15, 0.2) is 0 Å². The molecule has 7 heteroatoms. The van der Waals surface area contributed by atoms with Crippen LogP contribution in [0.2, 0.25) is 0 Å². The van der Waals surface area contributed by atoms with Crippen LogP contribution in [-0.4, -0.2) is 38.7 Å². The van der Waals surface area contributed by atoms with Crippen molar-refractivity contribution in [2.75, 3.05) is 6.54 Å². The minimum absolute atomic E-state index is 0.122. The SMILES string of the molecule is CCCc1nc(C(=O)NCCCCC(=O)O)n[nH]1. The van der Waals surface area contributed by atoms with E-state index in [1.54, 1.807) is 0 Å². The van der Waals surface area contributed by atoms with Crippen LogP contribution in [0.25, 0.3) is 0 Å². The second kappa shape index (κ2) is 7.41. The maximum absolute atomic E-state index is 11.6. The summed E-state index contributed by atoms with van der Waals surface area (Å²) in [6.45, 7) is 2.45. The Morgan fingerprint density at radius 3 is 2.83 bits per heavy atom. The van der Waals surface area contributed by atoms with Crippen molar-refractivity contribution in [2.45, 2.75) is 39.0 Å². The Bertz CT molecular complexity index is 403. The lowest BCUT2D eigenvalue weighted by atomic mass is 10.2. The fraction of sp³-hybridized carbons (Fsp3) is 0.636. The van der Waals surface area contributed by atoms with Gasteiger partial charge in [-0.2, -0.15) is 0 Å². The summed E-state index contributed by atoms with van der Waals surface area (Å²) in [5, 5.41) is 17.6. The number of hydrogen-bond donors (Lipinski definition) is 3. The highest BCUT2D eigenvalue weighted by Gasteiger charge is 2.11. The van der Waals surface area contributed by atoms with Gasteiger partial charge in [0.1, 0.15) is 5.82 Å². The van der Waals surface area contributed by atoms with E-state index in [0.717, 1.165) is 12.8 Å². The number of carboxylic acids is 1. The van der Waals surface area contributed by atoms with E-state index in [4.69, 9.17) is 5.11 Å². The van der Waals surface area contributed by atoms with Crippen LogP contribution in [0.3, 0.4) is 0 Å². The molecule has 0 atom stereocenters. The van der Waals surface area contributed by atoms with Crippen LogP contribution >= 0.6 is 0 Å². The van der Waals surface area contributed by atoms with Crippen molar-refractivity contribution in [1.29, 1.82) is 0 Å². The number of nitrogens with one attached hydrogen (secondary N) is 2.